The summed E-state index contributed by atoms with van der Waals surface area (Å²) in [6.07, 6.45) is 6.23. The van der Waals surface area contributed by atoms with Crippen molar-refractivity contribution in [2.24, 2.45) is 35.0 Å². The maximum absolute atomic E-state index is 13.8. The first-order valence-corrected chi connectivity index (χ1v) is 11.8. The summed E-state index contributed by atoms with van der Waals surface area (Å²) in [7, 11) is 0. The molecule has 0 aromatic heterocycles. The Kier molecular flexibility index (Phi) is 4.40. The fraction of sp³-hybridized carbons (Fsp3) is 0.875. The summed E-state index contributed by atoms with van der Waals surface area (Å²) in [5.41, 5.74) is -1.80. The van der Waals surface area contributed by atoms with Gasteiger partial charge in [0.25, 0.3) is 0 Å². The van der Waals surface area contributed by atoms with Crippen molar-refractivity contribution in [1.82, 2.24) is 5.32 Å². The summed E-state index contributed by atoms with van der Waals surface area (Å²) in [6.45, 7) is 8.16. The van der Waals surface area contributed by atoms with E-state index in [4.69, 9.17) is 4.74 Å². The summed E-state index contributed by atoms with van der Waals surface area (Å²) >= 11 is 0. The normalized spacial score (nSPS) is 54.3. The van der Waals surface area contributed by atoms with Gasteiger partial charge >= 0.3 is 0 Å². The Morgan fingerprint density at radius 2 is 1.97 bits per heavy atom. The van der Waals surface area contributed by atoms with Crippen LogP contribution in [-0.2, 0) is 9.53 Å². The molecule has 5 aliphatic rings. The van der Waals surface area contributed by atoms with Crippen LogP contribution in [0, 0.1) is 35.0 Å². The molecule has 5 rings (SSSR count). The molecule has 0 aromatic carbocycles. The molecular weight excluding hydrogens is 382 g/mol. The lowest BCUT2D eigenvalue weighted by Crippen LogP contribution is -2.73. The Balaban J connectivity index is 1.76. The topological polar surface area (TPSA) is 99.0 Å². The molecule has 0 aromatic rings. The molecule has 6 heteroatoms. The molecule has 30 heavy (non-hydrogen) atoms. The number of carbonyl (C=O) groups excluding carboxylic acids is 1. The number of hydrogen-bond acceptors (Lipinski definition) is 5. The van der Waals surface area contributed by atoms with E-state index < -0.39 is 22.4 Å². The monoisotopic (exact) mass is 419 g/mol. The number of aliphatic hydroxyl groups is 3. The Morgan fingerprint density at radius 1 is 1.23 bits per heavy atom. The molecule has 0 radical (unpaired) electrons. The molecule has 2 bridgehead atoms. The fourth-order valence-electron chi connectivity index (χ4n) is 8.52. The number of aliphatic hydroxyl groups excluding tert-OH is 1. The van der Waals surface area contributed by atoms with Crippen LogP contribution in [0.15, 0.2) is 11.6 Å². The average Bonchev–Trinajstić information content (AvgIpc) is 3.09. The molecule has 6 nitrogen and oxygen atoms in total. The number of nitrogens with one attached hydrogen (secondary N) is 1. The van der Waals surface area contributed by atoms with Gasteiger partial charge in [0.2, 0.25) is 5.91 Å². The fourth-order valence-corrected chi connectivity index (χ4v) is 8.52. The Labute approximate surface area is 179 Å². The van der Waals surface area contributed by atoms with Gasteiger partial charge < -0.3 is 25.4 Å². The van der Waals surface area contributed by atoms with Crippen LogP contribution < -0.4 is 5.32 Å². The summed E-state index contributed by atoms with van der Waals surface area (Å²) < 4.78 is 6.57. The maximum Gasteiger partial charge on any atom is 0.232 e. The van der Waals surface area contributed by atoms with E-state index in [9.17, 15) is 20.1 Å². The molecule has 3 aliphatic heterocycles. The van der Waals surface area contributed by atoms with Crippen LogP contribution in [0.4, 0.5) is 0 Å². The molecule has 1 saturated carbocycles. The molecule has 3 saturated heterocycles. The molecule has 9 atom stereocenters. The highest BCUT2D eigenvalue weighted by Gasteiger charge is 2.81. The maximum atomic E-state index is 13.8. The standard InChI is InChI=1S/C24H37NO5/c1-13(2)10-17-18-14(3)15(12-26)11-16-19-21(4,28)6-5-7-22(19)8-9-23(29,30-22)24(16,18)20(27)25-17/h11,13-14,16-19,26,28-29H,5-10,12H2,1-4H3,(H,25,27)/t14-,16-,17+,18+,19+,21-,22-,23+,24?/m1/s1. The van der Waals surface area contributed by atoms with Gasteiger partial charge in [0.15, 0.2) is 5.79 Å². The molecule has 3 heterocycles. The smallest absolute Gasteiger partial charge is 0.232 e. The second-order valence-electron chi connectivity index (χ2n) is 11.5. The third-order valence-electron chi connectivity index (χ3n) is 9.39. The van der Waals surface area contributed by atoms with Crippen LogP contribution in [0.3, 0.4) is 0 Å². The lowest BCUT2D eigenvalue weighted by Gasteiger charge is -2.64. The summed E-state index contributed by atoms with van der Waals surface area (Å²) in [5.74, 6) is -2.14. The number of rotatable bonds is 3. The van der Waals surface area contributed by atoms with Gasteiger partial charge in [-0.25, -0.2) is 0 Å². The van der Waals surface area contributed by atoms with E-state index in [-0.39, 0.29) is 42.2 Å². The number of hydrogen-bond donors (Lipinski definition) is 4. The van der Waals surface area contributed by atoms with Crippen LogP contribution in [-0.4, -0.2) is 50.9 Å². The first kappa shape index (κ1) is 20.9. The predicted octanol–water partition coefficient (Wildman–Crippen LogP) is 2.12. The van der Waals surface area contributed by atoms with Gasteiger partial charge in [-0.3, -0.25) is 4.79 Å². The molecule has 168 valence electrons. The lowest BCUT2D eigenvalue weighted by molar-refractivity contribution is -0.365. The molecular formula is C24H37NO5. The summed E-state index contributed by atoms with van der Waals surface area (Å²) in [4.78, 5) is 13.8. The van der Waals surface area contributed by atoms with Gasteiger partial charge in [0.1, 0.15) is 5.41 Å². The van der Waals surface area contributed by atoms with E-state index in [1.807, 2.05) is 13.0 Å². The molecule has 4 N–H and O–H groups in total. The molecule has 4 fully saturated rings. The van der Waals surface area contributed by atoms with E-state index in [1.54, 1.807) is 0 Å². The van der Waals surface area contributed by atoms with Crippen molar-refractivity contribution in [3.8, 4) is 0 Å². The Bertz CT molecular complexity index is 792. The summed E-state index contributed by atoms with van der Waals surface area (Å²) in [6, 6.07) is -0.0838. The van der Waals surface area contributed by atoms with E-state index in [2.05, 4.69) is 26.1 Å². The van der Waals surface area contributed by atoms with E-state index in [0.717, 1.165) is 24.8 Å². The van der Waals surface area contributed by atoms with Crippen LogP contribution in [0.25, 0.3) is 0 Å². The van der Waals surface area contributed by atoms with Gasteiger partial charge in [0.05, 0.1) is 17.8 Å². The third kappa shape index (κ3) is 2.31. The summed E-state index contributed by atoms with van der Waals surface area (Å²) in [5, 5.41) is 37.0. The van der Waals surface area contributed by atoms with Crippen molar-refractivity contribution in [3.05, 3.63) is 11.6 Å². The Morgan fingerprint density at radius 3 is 2.63 bits per heavy atom. The van der Waals surface area contributed by atoms with Crippen molar-refractivity contribution in [2.75, 3.05) is 6.61 Å². The van der Waals surface area contributed by atoms with Crippen LogP contribution >= 0.6 is 0 Å². The SMILES string of the molecule is CC(C)C[C@@H]1NC(=O)C23[C@H]1[C@H](C)C(CO)=C[C@@H]2[C@@H]1[C@@]2(CCC[C@@]1(C)O)CC[C@]3(O)O2. The molecule has 2 spiro atoms. The largest absolute Gasteiger partial charge is 0.392 e. The number of allylic oxidation sites excluding steroid dienone is 1. The van der Waals surface area contributed by atoms with Crippen molar-refractivity contribution < 1.29 is 24.9 Å². The van der Waals surface area contributed by atoms with Gasteiger partial charge in [-0.15, -0.1) is 0 Å². The van der Waals surface area contributed by atoms with Gasteiger partial charge in [-0.1, -0.05) is 26.8 Å². The first-order valence-electron chi connectivity index (χ1n) is 11.8. The Hall–Kier alpha value is -0.950. The van der Waals surface area contributed by atoms with E-state index in [0.29, 0.717) is 25.2 Å². The minimum absolute atomic E-state index is 0.0526. The number of amides is 1. The van der Waals surface area contributed by atoms with Crippen molar-refractivity contribution in [3.63, 3.8) is 0 Å². The van der Waals surface area contributed by atoms with Gasteiger partial charge in [-0.05, 0) is 56.4 Å². The first-order chi connectivity index (χ1) is 14.0. The molecule has 2 aliphatic carbocycles. The zero-order valence-electron chi connectivity index (χ0n) is 18.6. The van der Waals surface area contributed by atoms with E-state index >= 15 is 0 Å². The highest BCUT2D eigenvalue weighted by Crippen LogP contribution is 2.72. The van der Waals surface area contributed by atoms with Gasteiger partial charge in [0, 0.05) is 30.2 Å². The highest BCUT2D eigenvalue weighted by atomic mass is 16.7. The predicted molar refractivity (Wildman–Crippen MR) is 111 cm³/mol. The second kappa shape index (κ2) is 6.31. The average molecular weight is 420 g/mol. The number of fused-ring (bicyclic) bond motifs is 2. The van der Waals surface area contributed by atoms with Crippen molar-refractivity contribution in [2.45, 2.75) is 89.3 Å². The molecule has 1 unspecified atom stereocenters. The molecule has 1 amide bonds. The minimum Gasteiger partial charge on any atom is -0.392 e. The second-order valence-corrected chi connectivity index (χ2v) is 11.5. The highest BCUT2D eigenvalue weighted by molar-refractivity contribution is 5.89. The van der Waals surface area contributed by atoms with Crippen LogP contribution in [0.2, 0.25) is 0 Å². The minimum atomic E-state index is -1.53. The van der Waals surface area contributed by atoms with Crippen LogP contribution in [0.1, 0.15) is 66.2 Å². The van der Waals surface area contributed by atoms with Crippen molar-refractivity contribution in [1.29, 1.82) is 0 Å². The number of ether oxygens (including phenoxy) is 1. The van der Waals surface area contributed by atoms with Gasteiger partial charge in [-0.2, -0.15) is 0 Å². The third-order valence-corrected chi connectivity index (χ3v) is 9.39. The number of carbonyl (C=O) groups is 1. The van der Waals surface area contributed by atoms with Crippen molar-refractivity contribution >= 4 is 5.91 Å². The van der Waals surface area contributed by atoms with E-state index in [1.165, 1.54) is 0 Å². The lowest BCUT2D eigenvalue weighted by atomic mass is 9.46. The zero-order chi connectivity index (χ0) is 21.7. The zero-order valence-corrected chi connectivity index (χ0v) is 18.6. The van der Waals surface area contributed by atoms with Crippen LogP contribution in [0.5, 0.6) is 0 Å². The quantitative estimate of drug-likeness (QED) is 0.525.